The number of amides is 1. The van der Waals surface area contributed by atoms with Gasteiger partial charge in [0, 0.05) is 18.5 Å². The molecule has 1 aliphatic heterocycles. The van der Waals surface area contributed by atoms with Crippen molar-refractivity contribution in [3.05, 3.63) is 52.6 Å². The molecular formula is C26H31F4N3O3. The van der Waals surface area contributed by atoms with Gasteiger partial charge in [0.25, 0.3) is 0 Å². The van der Waals surface area contributed by atoms with Crippen molar-refractivity contribution in [2.24, 2.45) is 11.8 Å². The quantitative estimate of drug-likeness (QED) is 0.392. The van der Waals surface area contributed by atoms with Crippen molar-refractivity contribution in [3.63, 3.8) is 0 Å². The van der Waals surface area contributed by atoms with Crippen LogP contribution < -0.4 is 0 Å². The van der Waals surface area contributed by atoms with Crippen molar-refractivity contribution in [3.8, 4) is 0 Å². The largest absolute Gasteiger partial charge is 0.466 e. The molecule has 6 nitrogen and oxygen atoms in total. The Morgan fingerprint density at radius 1 is 1.14 bits per heavy atom. The maximum Gasteiger partial charge on any atom is 0.435 e. The first-order chi connectivity index (χ1) is 17.1. The lowest BCUT2D eigenvalue weighted by Crippen LogP contribution is -2.38. The van der Waals surface area contributed by atoms with Gasteiger partial charge in [-0.05, 0) is 69.6 Å². The number of alkyl halides is 3. The lowest BCUT2D eigenvalue weighted by molar-refractivity contribution is -0.149. The number of fused-ring (bicyclic) bond motifs is 1. The van der Waals surface area contributed by atoms with Crippen LogP contribution in [0.4, 0.5) is 17.6 Å². The van der Waals surface area contributed by atoms with E-state index in [9.17, 15) is 27.2 Å². The van der Waals surface area contributed by atoms with Gasteiger partial charge in [-0.2, -0.15) is 18.3 Å². The Labute approximate surface area is 207 Å². The zero-order chi connectivity index (χ0) is 26.0. The maximum absolute atomic E-state index is 13.8. The van der Waals surface area contributed by atoms with Crippen LogP contribution in [0.3, 0.4) is 0 Å². The van der Waals surface area contributed by atoms with Crippen molar-refractivity contribution in [1.82, 2.24) is 14.7 Å². The Balaban J connectivity index is 1.48. The number of rotatable bonds is 6. The molecular weight excluding hydrogens is 478 g/mol. The van der Waals surface area contributed by atoms with E-state index in [1.165, 1.54) is 28.9 Å². The molecule has 1 saturated carbocycles. The zero-order valence-electron chi connectivity index (χ0n) is 20.5. The fourth-order valence-electron chi connectivity index (χ4n) is 5.32. The highest BCUT2D eigenvalue weighted by molar-refractivity contribution is 5.77. The van der Waals surface area contributed by atoms with E-state index in [1.807, 2.05) is 0 Å². The van der Waals surface area contributed by atoms with Gasteiger partial charge in [0.05, 0.1) is 30.8 Å². The molecule has 2 heterocycles. The van der Waals surface area contributed by atoms with Gasteiger partial charge in [0.2, 0.25) is 5.91 Å². The molecule has 0 radical (unpaired) electrons. The van der Waals surface area contributed by atoms with E-state index in [0.717, 1.165) is 12.8 Å². The van der Waals surface area contributed by atoms with E-state index in [0.29, 0.717) is 37.1 Å². The molecule has 1 aromatic carbocycles. The van der Waals surface area contributed by atoms with Crippen LogP contribution in [0.15, 0.2) is 24.3 Å². The highest BCUT2D eigenvalue weighted by Crippen LogP contribution is 2.38. The number of hydrogen-bond donors (Lipinski definition) is 0. The van der Waals surface area contributed by atoms with Crippen molar-refractivity contribution < 1.29 is 31.9 Å². The first-order valence-electron chi connectivity index (χ1n) is 12.5. The van der Waals surface area contributed by atoms with Crippen molar-refractivity contribution in [2.75, 3.05) is 13.2 Å². The summed E-state index contributed by atoms with van der Waals surface area (Å²) < 4.78 is 61.1. The number of nitrogens with zero attached hydrogens (tertiary/aromatic N) is 3. The number of hydrogen-bond acceptors (Lipinski definition) is 4. The zero-order valence-corrected chi connectivity index (χ0v) is 20.5. The summed E-state index contributed by atoms with van der Waals surface area (Å²) in [5, 5.41) is 3.93. The highest BCUT2D eigenvalue weighted by atomic mass is 19.4. The monoisotopic (exact) mass is 509 g/mol. The number of benzene rings is 1. The fourth-order valence-corrected chi connectivity index (χ4v) is 5.32. The predicted octanol–water partition coefficient (Wildman–Crippen LogP) is 5.29. The normalized spacial score (nSPS) is 21.1. The minimum absolute atomic E-state index is 0.0426. The molecule has 1 amide bonds. The lowest BCUT2D eigenvalue weighted by atomic mass is 9.80. The molecule has 196 valence electrons. The van der Waals surface area contributed by atoms with E-state index in [4.69, 9.17) is 4.74 Å². The molecule has 36 heavy (non-hydrogen) atoms. The van der Waals surface area contributed by atoms with Gasteiger partial charge >= 0.3 is 12.1 Å². The van der Waals surface area contributed by atoms with E-state index < -0.39 is 23.7 Å². The molecule has 2 aromatic rings. The van der Waals surface area contributed by atoms with Crippen LogP contribution in [-0.4, -0.2) is 39.7 Å². The smallest absolute Gasteiger partial charge is 0.435 e. The summed E-state index contributed by atoms with van der Waals surface area (Å²) in [4.78, 5) is 26.7. The van der Waals surface area contributed by atoms with Gasteiger partial charge in [0.1, 0.15) is 5.82 Å². The van der Waals surface area contributed by atoms with Crippen LogP contribution >= 0.6 is 0 Å². The van der Waals surface area contributed by atoms with E-state index in [2.05, 4.69) is 5.10 Å². The number of ether oxygens (including phenoxy) is 1. The number of aromatic nitrogens is 2. The third-order valence-corrected chi connectivity index (χ3v) is 7.36. The summed E-state index contributed by atoms with van der Waals surface area (Å²) in [6, 6.07) is 5.01. The van der Waals surface area contributed by atoms with Crippen molar-refractivity contribution >= 4 is 11.9 Å². The maximum atomic E-state index is 13.8. The van der Waals surface area contributed by atoms with Gasteiger partial charge in [0.15, 0.2) is 5.69 Å². The van der Waals surface area contributed by atoms with Crippen LogP contribution in [0.5, 0.6) is 0 Å². The van der Waals surface area contributed by atoms with Crippen LogP contribution in [-0.2, 0) is 33.5 Å². The van der Waals surface area contributed by atoms with Crippen LogP contribution in [0, 0.1) is 17.7 Å². The molecule has 1 atom stereocenters. The van der Waals surface area contributed by atoms with Gasteiger partial charge in [-0.1, -0.05) is 12.1 Å². The summed E-state index contributed by atoms with van der Waals surface area (Å²) in [7, 11) is 0. The molecule has 1 fully saturated rings. The topological polar surface area (TPSA) is 64.4 Å². The number of carbonyl (C=O) groups excluding carboxylic acids is 2. The third kappa shape index (κ3) is 5.57. The van der Waals surface area contributed by atoms with Gasteiger partial charge in [-0.3, -0.25) is 14.3 Å². The summed E-state index contributed by atoms with van der Waals surface area (Å²) >= 11 is 0. The van der Waals surface area contributed by atoms with Crippen LogP contribution in [0.25, 0.3) is 0 Å². The molecule has 0 bridgehead atoms. The summed E-state index contributed by atoms with van der Waals surface area (Å²) in [6.07, 6.45) is -1.39. The minimum Gasteiger partial charge on any atom is -0.466 e. The van der Waals surface area contributed by atoms with Gasteiger partial charge < -0.3 is 9.64 Å². The Morgan fingerprint density at radius 3 is 2.42 bits per heavy atom. The van der Waals surface area contributed by atoms with Crippen LogP contribution in [0.1, 0.15) is 74.5 Å². The fraction of sp³-hybridized carbons (Fsp3) is 0.577. The number of esters is 1. The average molecular weight is 510 g/mol. The Hall–Kier alpha value is -2.91. The number of halogens is 4. The van der Waals surface area contributed by atoms with E-state index >= 15 is 0 Å². The molecule has 2 aliphatic rings. The SMILES string of the molecule is CCOC(=O)C1CCC(CC(=O)N2CCc3c(C(F)(F)F)nn(C(C)c4ccc(F)cc4)c3C2)CC1. The second-order valence-corrected chi connectivity index (χ2v) is 9.68. The minimum atomic E-state index is -4.61. The molecule has 4 rings (SSSR count). The molecule has 10 heteroatoms. The van der Waals surface area contributed by atoms with Crippen molar-refractivity contribution in [2.45, 2.75) is 71.1 Å². The Kier molecular flexibility index (Phi) is 7.70. The standard InChI is InChI=1S/C26H31F4N3O3/c1-3-36-25(35)19-6-4-17(5-7-19)14-23(34)32-13-12-21-22(15-32)33(31-24(21)26(28,29)30)16(2)18-8-10-20(27)11-9-18/h8-11,16-17,19H,3-7,12-15H2,1-2H3. The Morgan fingerprint density at radius 2 is 1.81 bits per heavy atom. The molecule has 0 saturated heterocycles. The summed E-state index contributed by atoms with van der Waals surface area (Å²) in [5.74, 6) is -0.710. The first-order valence-corrected chi connectivity index (χ1v) is 12.5. The lowest BCUT2D eigenvalue weighted by Gasteiger charge is -2.32. The van der Waals surface area contributed by atoms with Crippen LogP contribution in [0.2, 0.25) is 0 Å². The third-order valence-electron chi connectivity index (χ3n) is 7.36. The first kappa shape index (κ1) is 26.2. The molecule has 1 aromatic heterocycles. The van der Waals surface area contributed by atoms with E-state index in [1.54, 1.807) is 18.7 Å². The van der Waals surface area contributed by atoms with Gasteiger partial charge in [-0.15, -0.1) is 0 Å². The second-order valence-electron chi connectivity index (χ2n) is 9.68. The average Bonchev–Trinajstić information content (AvgIpc) is 3.24. The Bertz CT molecular complexity index is 1090. The summed E-state index contributed by atoms with van der Waals surface area (Å²) in [6.45, 7) is 4.07. The molecule has 1 unspecified atom stereocenters. The van der Waals surface area contributed by atoms with E-state index in [-0.39, 0.29) is 48.8 Å². The highest BCUT2D eigenvalue weighted by Gasteiger charge is 2.41. The van der Waals surface area contributed by atoms with Gasteiger partial charge in [-0.25, -0.2) is 4.39 Å². The predicted molar refractivity (Wildman–Crippen MR) is 123 cm³/mol. The van der Waals surface area contributed by atoms with Crippen molar-refractivity contribution in [1.29, 1.82) is 0 Å². The molecule has 1 aliphatic carbocycles. The molecule has 0 spiro atoms. The summed E-state index contributed by atoms with van der Waals surface area (Å²) in [5.41, 5.74) is 0.188. The molecule has 0 N–H and O–H groups in total. The number of carbonyl (C=O) groups is 2. The second kappa shape index (κ2) is 10.6.